The summed E-state index contributed by atoms with van der Waals surface area (Å²) in [4.78, 5) is 2.17. The molecule has 1 aromatic heterocycles. The topological polar surface area (TPSA) is 50.5 Å². The van der Waals surface area contributed by atoms with E-state index in [0.717, 1.165) is 25.2 Å². The van der Waals surface area contributed by atoms with Crippen molar-refractivity contribution in [1.82, 2.24) is 14.7 Å². The van der Waals surface area contributed by atoms with Crippen LogP contribution < -0.4 is 0 Å². The molecule has 0 bridgehead atoms. The van der Waals surface area contributed by atoms with Crippen molar-refractivity contribution in [1.29, 1.82) is 0 Å². The molecule has 98 valence electrons. The van der Waals surface area contributed by atoms with E-state index in [2.05, 4.69) is 23.0 Å². The Balaban J connectivity index is 2.60. The Bertz CT molecular complexity index is 326. The van der Waals surface area contributed by atoms with Gasteiger partial charge in [-0.05, 0) is 12.5 Å². The highest BCUT2D eigenvalue weighted by Gasteiger charge is 2.09. The van der Waals surface area contributed by atoms with Gasteiger partial charge < -0.3 is 9.84 Å². The fraction of sp³-hybridized carbons (Fsp3) is 0.750. The lowest BCUT2D eigenvalue weighted by atomic mass is 10.3. The predicted molar refractivity (Wildman–Crippen MR) is 66.8 cm³/mol. The van der Waals surface area contributed by atoms with Gasteiger partial charge in [0.25, 0.3) is 0 Å². The Kier molecular flexibility index (Phi) is 6.18. The summed E-state index contributed by atoms with van der Waals surface area (Å²) < 4.78 is 6.98. The maximum absolute atomic E-state index is 9.03. The Morgan fingerprint density at radius 2 is 2.24 bits per heavy atom. The van der Waals surface area contributed by atoms with Crippen molar-refractivity contribution in [3.05, 3.63) is 17.5 Å². The monoisotopic (exact) mass is 241 g/mol. The van der Waals surface area contributed by atoms with Gasteiger partial charge in [-0.3, -0.25) is 9.58 Å². The van der Waals surface area contributed by atoms with Crippen molar-refractivity contribution in [2.24, 2.45) is 7.05 Å². The fourth-order valence-corrected chi connectivity index (χ4v) is 1.75. The highest BCUT2D eigenvalue weighted by Crippen LogP contribution is 2.07. The molecule has 1 heterocycles. The molecule has 1 rings (SSSR count). The van der Waals surface area contributed by atoms with Crippen LogP contribution in [0.5, 0.6) is 0 Å². The molecule has 0 atom stereocenters. The number of ether oxygens (including phenoxy) is 1. The third-order valence-corrected chi connectivity index (χ3v) is 2.80. The molecule has 5 heteroatoms. The second kappa shape index (κ2) is 7.42. The molecule has 0 aromatic carbocycles. The molecule has 0 fully saturated rings. The summed E-state index contributed by atoms with van der Waals surface area (Å²) in [5.74, 6) is 0. The Morgan fingerprint density at radius 1 is 1.47 bits per heavy atom. The van der Waals surface area contributed by atoms with Gasteiger partial charge in [-0.2, -0.15) is 5.10 Å². The summed E-state index contributed by atoms with van der Waals surface area (Å²) >= 11 is 0. The molecule has 0 spiro atoms. The van der Waals surface area contributed by atoms with Crippen LogP contribution >= 0.6 is 0 Å². The minimum atomic E-state index is 0.169. The number of hydrogen-bond acceptors (Lipinski definition) is 4. The summed E-state index contributed by atoms with van der Waals surface area (Å²) in [6, 6.07) is 2.12. The number of aliphatic hydroxyl groups excluding tert-OH is 1. The van der Waals surface area contributed by atoms with Gasteiger partial charge in [0.05, 0.1) is 24.6 Å². The van der Waals surface area contributed by atoms with E-state index in [1.165, 1.54) is 5.69 Å². The summed E-state index contributed by atoms with van der Waals surface area (Å²) in [7, 11) is 3.65. The van der Waals surface area contributed by atoms with Gasteiger partial charge in [-0.15, -0.1) is 0 Å². The molecule has 0 unspecified atom stereocenters. The van der Waals surface area contributed by atoms with Crippen molar-refractivity contribution < 1.29 is 9.84 Å². The molecule has 17 heavy (non-hydrogen) atoms. The predicted octanol–water partition coefficient (Wildman–Crippen LogP) is 0.423. The zero-order chi connectivity index (χ0) is 12.7. The van der Waals surface area contributed by atoms with Crippen LogP contribution in [0.4, 0.5) is 0 Å². The molecule has 0 amide bonds. The average molecular weight is 241 g/mol. The average Bonchev–Trinajstić information content (AvgIpc) is 2.67. The highest BCUT2D eigenvalue weighted by atomic mass is 16.5. The first-order valence-corrected chi connectivity index (χ1v) is 6.05. The minimum absolute atomic E-state index is 0.169. The molecular formula is C12H23N3O2. The molecular weight excluding hydrogens is 218 g/mol. The van der Waals surface area contributed by atoms with Crippen molar-refractivity contribution in [2.45, 2.75) is 19.9 Å². The summed E-state index contributed by atoms with van der Waals surface area (Å²) in [5.41, 5.74) is 2.28. The highest BCUT2D eigenvalue weighted by molar-refractivity contribution is 5.10. The van der Waals surface area contributed by atoms with Gasteiger partial charge in [0.1, 0.15) is 0 Å². The molecule has 0 radical (unpaired) electrons. The maximum atomic E-state index is 9.03. The molecule has 0 aliphatic heterocycles. The van der Waals surface area contributed by atoms with Gasteiger partial charge in [-0.25, -0.2) is 0 Å². The number of nitrogens with zero attached hydrogens (tertiary/aromatic N) is 3. The smallest absolute Gasteiger partial charge is 0.0625 e. The van der Waals surface area contributed by atoms with Gasteiger partial charge >= 0.3 is 0 Å². The van der Waals surface area contributed by atoms with Crippen molar-refractivity contribution in [3.8, 4) is 0 Å². The van der Waals surface area contributed by atoms with E-state index in [1.54, 1.807) is 7.11 Å². The second-order valence-corrected chi connectivity index (χ2v) is 4.10. The zero-order valence-corrected chi connectivity index (χ0v) is 11.0. The lowest BCUT2D eigenvalue weighted by molar-refractivity contribution is 0.125. The third kappa shape index (κ3) is 4.46. The van der Waals surface area contributed by atoms with Crippen molar-refractivity contribution in [2.75, 3.05) is 33.4 Å². The minimum Gasteiger partial charge on any atom is -0.395 e. The number of aliphatic hydroxyl groups is 1. The fourth-order valence-electron chi connectivity index (χ4n) is 1.75. The van der Waals surface area contributed by atoms with Crippen LogP contribution in [0, 0.1) is 0 Å². The van der Waals surface area contributed by atoms with E-state index in [9.17, 15) is 0 Å². The van der Waals surface area contributed by atoms with Gasteiger partial charge in [0.15, 0.2) is 0 Å². The van der Waals surface area contributed by atoms with E-state index >= 15 is 0 Å². The van der Waals surface area contributed by atoms with Crippen molar-refractivity contribution >= 4 is 0 Å². The number of rotatable bonds is 8. The van der Waals surface area contributed by atoms with Crippen molar-refractivity contribution in [3.63, 3.8) is 0 Å². The SMILES string of the molecule is CCc1cc(CN(CCO)CCOC)n(C)n1. The van der Waals surface area contributed by atoms with Crippen LogP contribution in [0.1, 0.15) is 18.3 Å². The van der Waals surface area contributed by atoms with Crippen LogP contribution in [0.2, 0.25) is 0 Å². The standard InChI is InChI=1S/C12H23N3O2/c1-4-11-9-12(14(2)13-11)10-15(5-7-16)6-8-17-3/h9,16H,4-8,10H2,1-3H3. The van der Waals surface area contributed by atoms with Crippen LogP contribution in [-0.4, -0.2) is 53.2 Å². The van der Waals surface area contributed by atoms with E-state index in [0.29, 0.717) is 13.2 Å². The Labute approximate surface area is 103 Å². The quantitative estimate of drug-likeness (QED) is 0.717. The first-order valence-electron chi connectivity index (χ1n) is 6.05. The first kappa shape index (κ1) is 14.2. The molecule has 0 saturated heterocycles. The van der Waals surface area contributed by atoms with Gasteiger partial charge in [0.2, 0.25) is 0 Å². The van der Waals surface area contributed by atoms with Gasteiger partial charge in [-0.1, -0.05) is 6.92 Å². The summed E-state index contributed by atoms with van der Waals surface area (Å²) in [5, 5.41) is 13.4. The number of hydrogen-bond donors (Lipinski definition) is 1. The van der Waals surface area contributed by atoms with E-state index in [1.807, 2.05) is 11.7 Å². The van der Waals surface area contributed by atoms with E-state index in [-0.39, 0.29) is 6.61 Å². The summed E-state index contributed by atoms with van der Waals surface area (Å²) in [6.07, 6.45) is 0.950. The number of aromatic nitrogens is 2. The molecule has 0 saturated carbocycles. The molecule has 5 nitrogen and oxygen atoms in total. The lowest BCUT2D eigenvalue weighted by Crippen LogP contribution is -2.30. The van der Waals surface area contributed by atoms with E-state index < -0.39 is 0 Å². The Morgan fingerprint density at radius 3 is 2.76 bits per heavy atom. The number of aryl methyl sites for hydroxylation is 2. The van der Waals surface area contributed by atoms with Gasteiger partial charge in [0, 0.05) is 33.8 Å². The normalized spacial score (nSPS) is 11.4. The lowest BCUT2D eigenvalue weighted by Gasteiger charge is -2.20. The molecule has 0 aliphatic rings. The number of methoxy groups -OCH3 is 1. The van der Waals surface area contributed by atoms with Crippen LogP contribution in [-0.2, 0) is 24.8 Å². The largest absolute Gasteiger partial charge is 0.395 e. The first-order chi connectivity index (χ1) is 8.21. The van der Waals surface area contributed by atoms with E-state index in [4.69, 9.17) is 9.84 Å². The van der Waals surface area contributed by atoms with Crippen LogP contribution in [0.25, 0.3) is 0 Å². The van der Waals surface area contributed by atoms with Crippen LogP contribution in [0.15, 0.2) is 6.07 Å². The maximum Gasteiger partial charge on any atom is 0.0625 e. The zero-order valence-electron chi connectivity index (χ0n) is 11.0. The molecule has 1 N–H and O–H groups in total. The third-order valence-electron chi connectivity index (χ3n) is 2.80. The summed E-state index contributed by atoms with van der Waals surface area (Å²) in [6.45, 7) is 5.23. The second-order valence-electron chi connectivity index (χ2n) is 4.10. The van der Waals surface area contributed by atoms with Crippen LogP contribution in [0.3, 0.4) is 0 Å². The Hall–Kier alpha value is -0.910. The molecule has 0 aliphatic carbocycles. The molecule has 1 aromatic rings.